The van der Waals surface area contributed by atoms with E-state index in [0.717, 1.165) is 22.7 Å². The minimum Gasteiger partial charge on any atom is -0.330 e. The Kier molecular flexibility index (Phi) is 4.01. The molecular weight excluding hydrogens is 192 g/mol. The van der Waals surface area contributed by atoms with Crippen LogP contribution in [0.5, 0.6) is 0 Å². The van der Waals surface area contributed by atoms with Crippen molar-refractivity contribution < 1.29 is 0 Å². The van der Waals surface area contributed by atoms with E-state index in [-0.39, 0.29) is 6.04 Å². The number of nitrogens with two attached hydrogens (primary N) is 2. The monoisotopic (exact) mass is 204 g/mol. The van der Waals surface area contributed by atoms with E-state index in [1.165, 1.54) is 0 Å². The Morgan fingerprint density at radius 3 is 2.83 bits per heavy atom. The average molecular weight is 205 g/mol. The molecule has 4 heteroatoms. The summed E-state index contributed by atoms with van der Waals surface area (Å²) in [6, 6.07) is 1.94. The minimum atomic E-state index is 0.0565. The van der Waals surface area contributed by atoms with Crippen LogP contribution in [0.4, 0.5) is 0 Å². The molecule has 0 aliphatic carbocycles. The van der Waals surface area contributed by atoms with E-state index in [9.17, 15) is 0 Å². The molecule has 12 heavy (non-hydrogen) atoms. The molecule has 0 aliphatic heterocycles. The van der Waals surface area contributed by atoms with Crippen LogP contribution in [0, 0.1) is 0 Å². The van der Waals surface area contributed by atoms with Crippen LogP contribution in [-0.4, -0.2) is 6.54 Å². The Morgan fingerprint density at radius 1 is 1.58 bits per heavy atom. The molecule has 0 aromatic carbocycles. The molecule has 1 atom stereocenters. The van der Waals surface area contributed by atoms with Crippen LogP contribution >= 0.6 is 22.9 Å². The summed E-state index contributed by atoms with van der Waals surface area (Å²) in [4.78, 5) is 1.07. The lowest BCUT2D eigenvalue weighted by Gasteiger charge is -2.08. The molecular formula is C8H13ClN2S. The summed E-state index contributed by atoms with van der Waals surface area (Å²) in [7, 11) is 0. The number of hydrogen-bond acceptors (Lipinski definition) is 3. The van der Waals surface area contributed by atoms with Crippen molar-refractivity contribution in [2.45, 2.75) is 18.9 Å². The average Bonchev–Trinajstić information content (AvgIpc) is 2.47. The van der Waals surface area contributed by atoms with Crippen LogP contribution < -0.4 is 11.5 Å². The lowest BCUT2D eigenvalue weighted by Crippen LogP contribution is -2.11. The van der Waals surface area contributed by atoms with E-state index in [1.807, 2.05) is 11.4 Å². The van der Waals surface area contributed by atoms with Crippen LogP contribution in [-0.2, 0) is 0 Å². The van der Waals surface area contributed by atoms with Gasteiger partial charge in [0.1, 0.15) is 0 Å². The molecule has 2 nitrogen and oxygen atoms in total. The predicted octanol–water partition coefficient (Wildman–Crippen LogP) is 2.14. The number of rotatable bonds is 4. The zero-order chi connectivity index (χ0) is 8.97. The van der Waals surface area contributed by atoms with Crippen LogP contribution in [0.3, 0.4) is 0 Å². The van der Waals surface area contributed by atoms with Gasteiger partial charge in [-0.25, -0.2) is 0 Å². The highest BCUT2D eigenvalue weighted by Gasteiger charge is 2.10. The topological polar surface area (TPSA) is 52.0 Å². The summed E-state index contributed by atoms with van der Waals surface area (Å²) >= 11 is 7.52. The van der Waals surface area contributed by atoms with Crippen LogP contribution in [0.1, 0.15) is 23.8 Å². The van der Waals surface area contributed by atoms with E-state index in [1.54, 1.807) is 11.3 Å². The van der Waals surface area contributed by atoms with Crippen LogP contribution in [0.2, 0.25) is 5.02 Å². The maximum atomic E-state index is 5.91. The third-order valence-electron chi connectivity index (χ3n) is 1.70. The smallest absolute Gasteiger partial charge is 0.0561 e. The van der Waals surface area contributed by atoms with Gasteiger partial charge in [-0.2, -0.15) is 0 Å². The molecule has 0 aliphatic rings. The summed E-state index contributed by atoms with van der Waals surface area (Å²) in [5.41, 5.74) is 11.3. The van der Waals surface area contributed by atoms with Gasteiger partial charge in [-0.1, -0.05) is 11.6 Å². The maximum absolute atomic E-state index is 5.91. The summed E-state index contributed by atoms with van der Waals surface area (Å²) in [5.74, 6) is 0. The van der Waals surface area contributed by atoms with Crippen molar-refractivity contribution in [3.8, 4) is 0 Å². The summed E-state index contributed by atoms with van der Waals surface area (Å²) in [6.07, 6.45) is 1.87. The second-order valence-corrected chi connectivity index (χ2v) is 4.03. The van der Waals surface area contributed by atoms with Crippen LogP contribution in [0.25, 0.3) is 0 Å². The summed E-state index contributed by atoms with van der Waals surface area (Å²) in [6.45, 7) is 0.691. The Balaban J connectivity index is 2.52. The number of thiophene rings is 1. The van der Waals surface area contributed by atoms with Crippen molar-refractivity contribution in [1.29, 1.82) is 0 Å². The molecule has 0 unspecified atom stereocenters. The van der Waals surface area contributed by atoms with E-state index in [2.05, 4.69) is 0 Å². The molecule has 4 N–H and O–H groups in total. The lowest BCUT2D eigenvalue weighted by atomic mass is 10.1. The quantitative estimate of drug-likeness (QED) is 0.790. The molecule has 1 heterocycles. The molecule has 0 spiro atoms. The molecule has 1 rings (SSSR count). The number of halogens is 1. The third-order valence-corrected chi connectivity index (χ3v) is 3.19. The maximum Gasteiger partial charge on any atom is 0.0561 e. The lowest BCUT2D eigenvalue weighted by molar-refractivity contribution is 0.626. The zero-order valence-electron chi connectivity index (χ0n) is 6.79. The second kappa shape index (κ2) is 4.82. The molecule has 68 valence electrons. The molecule has 1 aromatic heterocycles. The molecule has 0 bridgehead atoms. The van der Waals surface area contributed by atoms with Gasteiger partial charge in [0.15, 0.2) is 0 Å². The van der Waals surface area contributed by atoms with E-state index < -0.39 is 0 Å². The first-order valence-corrected chi connectivity index (χ1v) is 5.20. The van der Waals surface area contributed by atoms with Gasteiger partial charge in [0.25, 0.3) is 0 Å². The standard InChI is InChI=1S/C8H13ClN2S/c9-6-3-5-12-8(6)7(11)2-1-4-10/h3,5,7H,1-2,4,10-11H2/t7-/m1/s1. The first kappa shape index (κ1) is 9.99. The van der Waals surface area contributed by atoms with Crippen molar-refractivity contribution in [3.63, 3.8) is 0 Å². The van der Waals surface area contributed by atoms with Crippen LogP contribution in [0.15, 0.2) is 11.4 Å². The van der Waals surface area contributed by atoms with Crippen molar-refractivity contribution in [2.75, 3.05) is 6.54 Å². The Bertz CT molecular complexity index is 237. The fourth-order valence-electron chi connectivity index (χ4n) is 1.04. The fraction of sp³-hybridized carbons (Fsp3) is 0.500. The first-order valence-electron chi connectivity index (χ1n) is 3.94. The normalized spacial score (nSPS) is 13.2. The Hall–Kier alpha value is -0.0900. The molecule has 0 saturated carbocycles. The molecule has 0 radical (unpaired) electrons. The highest BCUT2D eigenvalue weighted by atomic mass is 35.5. The third kappa shape index (κ3) is 2.45. The predicted molar refractivity (Wildman–Crippen MR) is 54.5 cm³/mol. The summed E-state index contributed by atoms with van der Waals surface area (Å²) in [5, 5.41) is 2.74. The first-order chi connectivity index (χ1) is 5.75. The van der Waals surface area contributed by atoms with E-state index in [4.69, 9.17) is 23.1 Å². The largest absolute Gasteiger partial charge is 0.330 e. The number of hydrogen-bond donors (Lipinski definition) is 2. The highest BCUT2D eigenvalue weighted by Crippen LogP contribution is 2.29. The van der Waals surface area contributed by atoms with Gasteiger partial charge in [0.05, 0.1) is 5.02 Å². The van der Waals surface area contributed by atoms with Crippen molar-refractivity contribution in [3.05, 3.63) is 21.3 Å². The van der Waals surface area contributed by atoms with Gasteiger partial charge in [-0.15, -0.1) is 11.3 Å². The van der Waals surface area contributed by atoms with Crippen molar-refractivity contribution in [1.82, 2.24) is 0 Å². The molecule has 0 saturated heterocycles. The van der Waals surface area contributed by atoms with Gasteiger partial charge in [-0.05, 0) is 30.8 Å². The van der Waals surface area contributed by atoms with Crippen molar-refractivity contribution in [2.24, 2.45) is 11.5 Å². The molecule has 0 fully saturated rings. The molecule has 1 aromatic rings. The second-order valence-electron chi connectivity index (χ2n) is 2.67. The van der Waals surface area contributed by atoms with E-state index in [0.29, 0.717) is 6.54 Å². The highest BCUT2D eigenvalue weighted by molar-refractivity contribution is 7.10. The Labute approximate surface area is 81.5 Å². The van der Waals surface area contributed by atoms with Gasteiger partial charge in [0, 0.05) is 10.9 Å². The summed E-state index contributed by atoms with van der Waals surface area (Å²) < 4.78 is 0. The molecule has 0 amide bonds. The Morgan fingerprint density at radius 2 is 2.33 bits per heavy atom. The van der Waals surface area contributed by atoms with Gasteiger partial charge >= 0.3 is 0 Å². The van der Waals surface area contributed by atoms with Gasteiger partial charge in [0.2, 0.25) is 0 Å². The van der Waals surface area contributed by atoms with Crippen molar-refractivity contribution >= 4 is 22.9 Å². The van der Waals surface area contributed by atoms with E-state index >= 15 is 0 Å². The SMILES string of the molecule is NCCC[C@@H](N)c1sccc1Cl. The van der Waals surface area contributed by atoms with Gasteiger partial charge < -0.3 is 11.5 Å². The van der Waals surface area contributed by atoms with Gasteiger partial charge in [-0.3, -0.25) is 0 Å². The minimum absolute atomic E-state index is 0.0565. The zero-order valence-corrected chi connectivity index (χ0v) is 8.37. The fourth-order valence-corrected chi connectivity index (χ4v) is 2.27.